The van der Waals surface area contributed by atoms with Crippen molar-refractivity contribution in [3.63, 3.8) is 0 Å². The fraction of sp³-hybridized carbons (Fsp3) is 0.342. The third-order valence-corrected chi connectivity index (χ3v) is 9.36. The number of aromatic nitrogens is 2. The summed E-state index contributed by atoms with van der Waals surface area (Å²) in [4.78, 5) is 42.1. The molecule has 0 aliphatic carbocycles. The number of likely N-dealkylation sites (N-methyl/N-ethyl adjacent to an activating group) is 1. The number of nitrogens with zero attached hydrogens (tertiary/aromatic N) is 6. The molecule has 1 aromatic heterocycles. The van der Waals surface area contributed by atoms with Gasteiger partial charge in [0.05, 0.1) is 18.5 Å². The van der Waals surface area contributed by atoms with Gasteiger partial charge in [0.25, 0.3) is 5.91 Å². The minimum atomic E-state index is -0.519. The van der Waals surface area contributed by atoms with Crippen molar-refractivity contribution in [2.75, 3.05) is 55.8 Å². The van der Waals surface area contributed by atoms with Gasteiger partial charge in [-0.1, -0.05) is 72.8 Å². The van der Waals surface area contributed by atoms with Crippen LogP contribution in [0, 0.1) is 11.3 Å². The van der Waals surface area contributed by atoms with Gasteiger partial charge in [-0.15, -0.1) is 0 Å². The smallest absolute Gasteiger partial charge is 0.410 e. The Kier molecular flexibility index (Phi) is 10.4. The summed E-state index contributed by atoms with van der Waals surface area (Å²) in [5.41, 5.74) is 10.0. The summed E-state index contributed by atoms with van der Waals surface area (Å²) in [5, 5.41) is 14.5. The highest BCUT2D eigenvalue weighted by Gasteiger charge is 2.34. The van der Waals surface area contributed by atoms with Crippen molar-refractivity contribution in [3.8, 4) is 12.1 Å². The van der Waals surface area contributed by atoms with Crippen LogP contribution in [-0.4, -0.2) is 83.7 Å². The minimum absolute atomic E-state index is 0.0294. The summed E-state index contributed by atoms with van der Waals surface area (Å²) in [6.45, 7) is 8.34. The van der Waals surface area contributed by atoms with Gasteiger partial charge in [0.15, 0.2) is 11.5 Å². The highest BCUT2D eigenvalue weighted by Crippen LogP contribution is 2.33. The first-order valence-electron chi connectivity index (χ1n) is 16.8. The average molecular weight is 675 g/mol. The molecule has 50 heavy (non-hydrogen) atoms. The van der Waals surface area contributed by atoms with Crippen molar-refractivity contribution in [1.82, 2.24) is 19.8 Å². The minimum Gasteiger partial charge on any atom is -0.462 e. The van der Waals surface area contributed by atoms with Crippen LogP contribution in [0.15, 0.2) is 73.3 Å². The predicted molar refractivity (Wildman–Crippen MR) is 194 cm³/mol. The summed E-state index contributed by atoms with van der Waals surface area (Å²) in [6, 6.07) is 22.9. The van der Waals surface area contributed by atoms with Crippen molar-refractivity contribution < 1.29 is 19.1 Å². The lowest BCUT2D eigenvalue weighted by molar-refractivity contribution is 0.0768. The van der Waals surface area contributed by atoms with Gasteiger partial charge in [-0.25, -0.2) is 4.79 Å². The number of likely N-dealkylation sites (tertiary alicyclic amines) is 1. The molecule has 12 heteroatoms. The maximum Gasteiger partial charge on any atom is 0.410 e. The van der Waals surface area contributed by atoms with Crippen LogP contribution >= 0.6 is 0 Å². The number of carbonyl (C=O) groups is 2. The van der Waals surface area contributed by atoms with E-state index in [0.29, 0.717) is 24.7 Å². The van der Waals surface area contributed by atoms with E-state index >= 15 is 0 Å². The summed E-state index contributed by atoms with van der Waals surface area (Å²) >= 11 is 0. The summed E-state index contributed by atoms with van der Waals surface area (Å²) in [7, 11) is 2.05. The SMILES string of the molecule is C=C(C)c1cccc2cccc(NC(=O)c3nc(OC[C@@H]4CCCN4C)nc(N4CCN(C(=O)OCc5ccccc5)[C@@H](CC#N)C4)c3N)c12. The molecule has 2 amide bonds. The molecule has 2 fully saturated rings. The van der Waals surface area contributed by atoms with Crippen LogP contribution in [-0.2, 0) is 11.3 Å². The van der Waals surface area contributed by atoms with Crippen LogP contribution in [0.3, 0.4) is 0 Å². The molecule has 258 valence electrons. The number of nitrogens with two attached hydrogens (primary N) is 1. The molecular weight excluding hydrogens is 632 g/mol. The molecule has 0 spiro atoms. The molecule has 0 radical (unpaired) electrons. The van der Waals surface area contributed by atoms with Gasteiger partial charge in [0.2, 0.25) is 0 Å². The predicted octanol–water partition coefficient (Wildman–Crippen LogP) is 5.71. The average Bonchev–Trinajstić information content (AvgIpc) is 3.54. The van der Waals surface area contributed by atoms with Crippen LogP contribution in [0.2, 0.25) is 0 Å². The molecule has 3 aromatic carbocycles. The fourth-order valence-electron chi connectivity index (χ4n) is 6.63. The number of piperazine rings is 1. The van der Waals surface area contributed by atoms with E-state index in [4.69, 9.17) is 20.2 Å². The van der Waals surface area contributed by atoms with E-state index in [0.717, 1.165) is 46.9 Å². The number of nitrogen functional groups attached to an aromatic ring is 1. The number of nitriles is 1. The van der Waals surface area contributed by atoms with Crippen LogP contribution in [0.1, 0.15) is 47.8 Å². The molecule has 2 aliphatic rings. The third kappa shape index (κ3) is 7.48. The number of benzene rings is 3. The summed E-state index contributed by atoms with van der Waals surface area (Å²) < 4.78 is 11.7. The third-order valence-electron chi connectivity index (χ3n) is 9.36. The first-order chi connectivity index (χ1) is 24.2. The van der Waals surface area contributed by atoms with E-state index in [-0.39, 0.29) is 49.6 Å². The van der Waals surface area contributed by atoms with Crippen molar-refractivity contribution in [2.24, 2.45) is 0 Å². The second kappa shape index (κ2) is 15.3. The number of fused-ring (bicyclic) bond motifs is 1. The first kappa shape index (κ1) is 34.2. The Morgan fingerprint density at radius 2 is 1.82 bits per heavy atom. The van der Waals surface area contributed by atoms with Crippen molar-refractivity contribution in [2.45, 2.75) is 44.9 Å². The number of carbonyl (C=O) groups excluding carboxylic acids is 2. The molecular formula is C38H42N8O4. The molecule has 2 saturated heterocycles. The zero-order chi connectivity index (χ0) is 35.2. The van der Waals surface area contributed by atoms with Crippen molar-refractivity contribution >= 4 is 45.5 Å². The topological polar surface area (TPSA) is 150 Å². The Balaban J connectivity index is 1.29. The molecule has 0 saturated carbocycles. The number of allylic oxidation sites excluding steroid dienone is 1. The lowest BCUT2D eigenvalue weighted by atomic mass is 9.98. The molecule has 3 heterocycles. The van der Waals surface area contributed by atoms with Gasteiger partial charge >= 0.3 is 12.1 Å². The molecule has 3 N–H and O–H groups in total. The second-order valence-corrected chi connectivity index (χ2v) is 12.8. The zero-order valence-electron chi connectivity index (χ0n) is 28.5. The van der Waals surface area contributed by atoms with Gasteiger partial charge in [-0.3, -0.25) is 4.79 Å². The van der Waals surface area contributed by atoms with Gasteiger partial charge in [0.1, 0.15) is 18.9 Å². The van der Waals surface area contributed by atoms with Gasteiger partial charge < -0.3 is 35.2 Å². The second-order valence-electron chi connectivity index (χ2n) is 12.8. The standard InChI is InChI=1S/C38H42N8O4/c1-25(2)30-15-7-12-27-13-8-16-31(32(27)30)41-36(47)34-33(40)35(43-37(42-34)49-24-29-14-9-19-44(29)3)45-20-21-46(28(22-45)17-18-39)38(48)50-23-26-10-5-4-6-11-26/h4-8,10-13,15-16,28-29H,1,9,14,17,19-24,40H2,2-3H3,(H,41,47)/t28-,29-/m0/s1. The zero-order valence-corrected chi connectivity index (χ0v) is 28.5. The Hall–Kier alpha value is -5.67. The van der Waals surface area contributed by atoms with E-state index in [1.165, 1.54) is 0 Å². The maximum absolute atomic E-state index is 14.1. The molecule has 0 bridgehead atoms. The quantitative estimate of drug-likeness (QED) is 0.214. The molecule has 2 atom stereocenters. The Morgan fingerprint density at radius 1 is 1.04 bits per heavy atom. The number of anilines is 3. The van der Waals surface area contributed by atoms with E-state index in [2.05, 4.69) is 34.9 Å². The number of ether oxygens (including phenoxy) is 2. The van der Waals surface area contributed by atoms with E-state index in [1.807, 2.05) is 78.6 Å². The molecule has 4 aromatic rings. The first-order valence-corrected chi connectivity index (χ1v) is 16.8. The number of hydrogen-bond donors (Lipinski definition) is 2. The summed E-state index contributed by atoms with van der Waals surface area (Å²) in [5.74, 6) is -0.213. The lowest BCUT2D eigenvalue weighted by Crippen LogP contribution is -2.55. The Labute approximate surface area is 292 Å². The van der Waals surface area contributed by atoms with Gasteiger partial charge in [-0.05, 0) is 55.9 Å². The van der Waals surface area contributed by atoms with Crippen molar-refractivity contribution in [1.29, 1.82) is 5.26 Å². The Morgan fingerprint density at radius 3 is 2.54 bits per heavy atom. The normalized spacial score (nSPS) is 17.7. The highest BCUT2D eigenvalue weighted by atomic mass is 16.6. The lowest BCUT2D eigenvalue weighted by Gasteiger charge is -2.40. The largest absolute Gasteiger partial charge is 0.462 e. The molecule has 12 nitrogen and oxygen atoms in total. The molecule has 0 unspecified atom stereocenters. The highest BCUT2D eigenvalue weighted by molar-refractivity contribution is 6.13. The van der Waals surface area contributed by atoms with E-state index in [1.54, 1.807) is 4.90 Å². The molecule has 6 rings (SSSR count). The number of hydrogen-bond acceptors (Lipinski definition) is 10. The van der Waals surface area contributed by atoms with Gasteiger partial charge in [-0.2, -0.15) is 15.2 Å². The van der Waals surface area contributed by atoms with Crippen LogP contribution in [0.25, 0.3) is 16.3 Å². The van der Waals surface area contributed by atoms with E-state index < -0.39 is 18.0 Å². The number of rotatable bonds is 10. The fourth-order valence-corrected chi connectivity index (χ4v) is 6.63. The van der Waals surface area contributed by atoms with Crippen LogP contribution in [0.4, 0.5) is 22.0 Å². The Bertz CT molecular complexity index is 1920. The summed E-state index contributed by atoms with van der Waals surface area (Å²) in [6.07, 6.45) is 1.62. The maximum atomic E-state index is 14.1. The molecule has 2 aliphatic heterocycles. The number of amides is 2. The van der Waals surface area contributed by atoms with Crippen LogP contribution in [0.5, 0.6) is 6.01 Å². The van der Waals surface area contributed by atoms with Crippen LogP contribution < -0.4 is 20.7 Å². The van der Waals surface area contributed by atoms with E-state index in [9.17, 15) is 14.9 Å². The monoisotopic (exact) mass is 674 g/mol. The van der Waals surface area contributed by atoms with Crippen molar-refractivity contribution in [3.05, 3.63) is 90.1 Å². The number of nitrogens with one attached hydrogen (secondary N) is 1. The van der Waals surface area contributed by atoms with Gasteiger partial charge in [0, 0.05) is 36.7 Å².